The third-order valence-electron chi connectivity index (χ3n) is 2.58. The molecule has 0 saturated carbocycles. The van der Waals surface area contributed by atoms with Gasteiger partial charge in [0.05, 0.1) is 5.69 Å². The molecular formula is C12H20ClN3O. The zero-order valence-corrected chi connectivity index (χ0v) is 11.7. The summed E-state index contributed by atoms with van der Waals surface area (Å²) in [4.78, 5) is 13.8. The van der Waals surface area contributed by atoms with E-state index in [1.807, 2.05) is 26.8 Å². The van der Waals surface area contributed by atoms with Gasteiger partial charge in [0.1, 0.15) is 5.69 Å². The normalized spacial score (nSPS) is 12.5. The van der Waals surface area contributed by atoms with E-state index >= 15 is 0 Å². The molecule has 1 atom stereocenters. The number of hydrogen-bond acceptors (Lipinski definition) is 2. The third kappa shape index (κ3) is 3.46. The minimum Gasteiger partial charge on any atom is -0.339 e. The molecule has 96 valence electrons. The Balaban J connectivity index is 2.90. The Morgan fingerprint density at radius 1 is 1.59 bits per heavy atom. The lowest BCUT2D eigenvalue weighted by Gasteiger charge is -2.18. The van der Waals surface area contributed by atoms with E-state index < -0.39 is 0 Å². The summed E-state index contributed by atoms with van der Waals surface area (Å²) in [5.41, 5.74) is 1.59. The largest absolute Gasteiger partial charge is 0.339 e. The highest BCUT2D eigenvalue weighted by Crippen LogP contribution is 2.09. The summed E-state index contributed by atoms with van der Waals surface area (Å²) in [6.45, 7) is 7.12. The Morgan fingerprint density at radius 3 is 2.71 bits per heavy atom. The van der Waals surface area contributed by atoms with Crippen molar-refractivity contribution < 1.29 is 4.79 Å². The van der Waals surface area contributed by atoms with E-state index in [0.717, 1.165) is 12.1 Å². The van der Waals surface area contributed by atoms with Crippen LogP contribution >= 0.6 is 11.6 Å². The van der Waals surface area contributed by atoms with Crippen molar-refractivity contribution in [1.82, 2.24) is 14.7 Å². The average molecular weight is 258 g/mol. The van der Waals surface area contributed by atoms with Crippen LogP contribution in [0.15, 0.2) is 6.07 Å². The van der Waals surface area contributed by atoms with Crippen LogP contribution in [0.4, 0.5) is 0 Å². The van der Waals surface area contributed by atoms with Crippen molar-refractivity contribution >= 4 is 17.5 Å². The van der Waals surface area contributed by atoms with Crippen LogP contribution in [0, 0.1) is 0 Å². The summed E-state index contributed by atoms with van der Waals surface area (Å²) in [6.07, 6.45) is 0.836. The maximum absolute atomic E-state index is 12.2. The maximum Gasteiger partial charge on any atom is 0.271 e. The van der Waals surface area contributed by atoms with Crippen LogP contribution in [-0.2, 0) is 13.0 Å². The van der Waals surface area contributed by atoms with E-state index in [2.05, 4.69) is 5.10 Å². The molecule has 4 nitrogen and oxygen atoms in total. The monoisotopic (exact) mass is 257 g/mol. The van der Waals surface area contributed by atoms with Crippen molar-refractivity contribution in [2.45, 2.75) is 39.1 Å². The fourth-order valence-electron chi connectivity index (χ4n) is 1.71. The molecule has 1 heterocycles. The lowest BCUT2D eigenvalue weighted by Crippen LogP contribution is -2.32. The molecule has 1 unspecified atom stereocenters. The summed E-state index contributed by atoms with van der Waals surface area (Å²) in [5, 5.41) is 4.32. The van der Waals surface area contributed by atoms with E-state index in [-0.39, 0.29) is 11.3 Å². The highest BCUT2D eigenvalue weighted by atomic mass is 35.5. The fraction of sp³-hybridized carbons (Fsp3) is 0.667. The van der Waals surface area contributed by atoms with Crippen LogP contribution in [0.25, 0.3) is 0 Å². The predicted molar refractivity (Wildman–Crippen MR) is 69.6 cm³/mol. The van der Waals surface area contributed by atoms with Gasteiger partial charge in [0.15, 0.2) is 0 Å². The van der Waals surface area contributed by atoms with Crippen molar-refractivity contribution in [3.8, 4) is 0 Å². The van der Waals surface area contributed by atoms with Gasteiger partial charge in [-0.3, -0.25) is 9.48 Å². The Morgan fingerprint density at radius 2 is 2.24 bits per heavy atom. The molecule has 0 spiro atoms. The highest BCUT2D eigenvalue weighted by molar-refractivity contribution is 6.20. The minimum atomic E-state index is -0.0485. The number of rotatable bonds is 5. The number of hydrogen-bond donors (Lipinski definition) is 0. The van der Waals surface area contributed by atoms with Gasteiger partial charge in [0, 0.05) is 25.5 Å². The summed E-state index contributed by atoms with van der Waals surface area (Å²) < 4.78 is 1.75. The molecular weight excluding hydrogens is 238 g/mol. The van der Waals surface area contributed by atoms with E-state index in [1.54, 1.807) is 16.6 Å². The number of carbonyl (C=O) groups is 1. The zero-order valence-electron chi connectivity index (χ0n) is 10.9. The SMILES string of the molecule is CCc1cc(C(=O)N(C)CC(C)Cl)n(CC)n1. The van der Waals surface area contributed by atoms with Gasteiger partial charge >= 0.3 is 0 Å². The maximum atomic E-state index is 12.2. The molecule has 0 saturated heterocycles. The van der Waals surface area contributed by atoms with Crippen LogP contribution in [0.2, 0.25) is 0 Å². The molecule has 0 N–H and O–H groups in total. The van der Waals surface area contributed by atoms with Crippen molar-refractivity contribution in [2.75, 3.05) is 13.6 Å². The first-order chi connectivity index (χ1) is 7.99. The lowest BCUT2D eigenvalue weighted by atomic mass is 10.3. The molecule has 0 aliphatic rings. The summed E-state index contributed by atoms with van der Waals surface area (Å²) in [6, 6.07) is 1.86. The standard InChI is InChI=1S/C12H20ClN3O/c1-5-10-7-11(16(6-2)14-10)12(17)15(4)8-9(3)13/h7,9H,5-6,8H2,1-4H3. The van der Waals surface area contributed by atoms with E-state index in [0.29, 0.717) is 18.8 Å². The first kappa shape index (κ1) is 14.0. The predicted octanol–water partition coefficient (Wildman–Crippen LogP) is 2.16. The van der Waals surface area contributed by atoms with Crippen LogP contribution < -0.4 is 0 Å². The van der Waals surface area contributed by atoms with E-state index in [9.17, 15) is 4.79 Å². The number of carbonyl (C=O) groups excluding carboxylic acids is 1. The summed E-state index contributed by atoms with van der Waals surface area (Å²) >= 11 is 5.89. The number of aryl methyl sites for hydroxylation is 2. The van der Waals surface area contributed by atoms with Gasteiger partial charge in [-0.2, -0.15) is 5.10 Å². The Bertz CT molecular complexity index is 387. The zero-order chi connectivity index (χ0) is 13.0. The molecule has 0 aromatic carbocycles. The summed E-state index contributed by atoms with van der Waals surface area (Å²) in [7, 11) is 1.76. The molecule has 5 heteroatoms. The number of halogens is 1. The molecule has 1 amide bonds. The van der Waals surface area contributed by atoms with E-state index in [1.165, 1.54) is 0 Å². The van der Waals surface area contributed by atoms with Crippen molar-refractivity contribution in [2.24, 2.45) is 0 Å². The first-order valence-corrected chi connectivity index (χ1v) is 6.39. The van der Waals surface area contributed by atoms with Gasteiger partial charge in [-0.1, -0.05) is 6.92 Å². The van der Waals surface area contributed by atoms with Crippen molar-refractivity contribution in [3.05, 3.63) is 17.5 Å². The van der Waals surface area contributed by atoms with Crippen molar-refractivity contribution in [1.29, 1.82) is 0 Å². The molecule has 0 radical (unpaired) electrons. The third-order valence-corrected chi connectivity index (χ3v) is 2.72. The highest BCUT2D eigenvalue weighted by Gasteiger charge is 2.18. The molecule has 1 rings (SSSR count). The van der Waals surface area contributed by atoms with Crippen LogP contribution in [-0.4, -0.2) is 39.6 Å². The van der Waals surface area contributed by atoms with Gasteiger partial charge < -0.3 is 4.90 Å². The summed E-state index contributed by atoms with van der Waals surface area (Å²) in [5.74, 6) is -0.0217. The second kappa shape index (κ2) is 6.05. The van der Waals surface area contributed by atoms with Crippen LogP contribution in [0.1, 0.15) is 37.0 Å². The molecule has 0 fully saturated rings. The topological polar surface area (TPSA) is 38.1 Å². The molecule has 17 heavy (non-hydrogen) atoms. The number of nitrogens with zero attached hydrogens (tertiary/aromatic N) is 3. The lowest BCUT2D eigenvalue weighted by molar-refractivity contribution is 0.0784. The Hall–Kier alpha value is -1.03. The van der Waals surface area contributed by atoms with Crippen molar-refractivity contribution in [3.63, 3.8) is 0 Å². The van der Waals surface area contributed by atoms with Crippen LogP contribution in [0.5, 0.6) is 0 Å². The quantitative estimate of drug-likeness (QED) is 0.759. The number of aromatic nitrogens is 2. The Labute approximate surface area is 108 Å². The molecule has 1 aromatic rings. The average Bonchev–Trinajstić information content (AvgIpc) is 2.70. The molecule has 1 aromatic heterocycles. The molecule has 0 aliphatic carbocycles. The fourth-order valence-corrected chi connectivity index (χ4v) is 1.92. The molecule has 0 aliphatic heterocycles. The van der Waals surface area contributed by atoms with Crippen LogP contribution in [0.3, 0.4) is 0 Å². The van der Waals surface area contributed by atoms with E-state index in [4.69, 9.17) is 11.6 Å². The number of amides is 1. The van der Waals surface area contributed by atoms with Gasteiger partial charge in [-0.25, -0.2) is 0 Å². The van der Waals surface area contributed by atoms with Gasteiger partial charge in [0.2, 0.25) is 0 Å². The second-order valence-electron chi connectivity index (χ2n) is 4.16. The van der Waals surface area contributed by atoms with Gasteiger partial charge in [-0.05, 0) is 26.3 Å². The smallest absolute Gasteiger partial charge is 0.271 e. The minimum absolute atomic E-state index is 0.0217. The molecule has 0 bridgehead atoms. The number of alkyl halides is 1. The van der Waals surface area contributed by atoms with Gasteiger partial charge in [-0.15, -0.1) is 11.6 Å². The Kier molecular flexibility index (Phi) is 5.00. The first-order valence-electron chi connectivity index (χ1n) is 5.95. The van der Waals surface area contributed by atoms with Gasteiger partial charge in [0.25, 0.3) is 5.91 Å². The second-order valence-corrected chi connectivity index (χ2v) is 4.90.